The molecule has 132 valence electrons. The first-order valence-corrected chi connectivity index (χ1v) is 9.19. The second-order valence-corrected chi connectivity index (χ2v) is 7.32. The maximum atomic E-state index is 14.6. The Morgan fingerprint density at radius 3 is 2.72 bits per heavy atom. The zero-order valence-corrected chi connectivity index (χ0v) is 14.1. The summed E-state index contributed by atoms with van der Waals surface area (Å²) in [6.07, 6.45) is 1.60. The van der Waals surface area contributed by atoms with Crippen LogP contribution in [0, 0.1) is 5.82 Å². The Balaban J connectivity index is 1.90. The van der Waals surface area contributed by atoms with Gasteiger partial charge >= 0.3 is 6.16 Å². The number of carbonyl (C=O) groups is 1. The van der Waals surface area contributed by atoms with Gasteiger partial charge in [-0.15, -0.1) is 0 Å². The summed E-state index contributed by atoms with van der Waals surface area (Å²) in [5, 5.41) is 8.85. The molecule has 0 spiro atoms. The predicted molar refractivity (Wildman–Crippen MR) is 92.4 cm³/mol. The van der Waals surface area contributed by atoms with Gasteiger partial charge in [-0.05, 0) is 18.9 Å². The standard InChI is InChI=1S/C16H16FN3O4S/c17-11-7-10-13(21)12(24-16(22)23)8-20(9-1-2-9)14(10)18-15(11)19-3-5-25-6-4-19/h7-9H,1-6H2,(H,22,23). The summed E-state index contributed by atoms with van der Waals surface area (Å²) in [5.74, 6) is 1.15. The molecule has 25 heavy (non-hydrogen) atoms. The summed E-state index contributed by atoms with van der Waals surface area (Å²) in [4.78, 5) is 29.6. The van der Waals surface area contributed by atoms with E-state index in [1.165, 1.54) is 6.20 Å². The molecule has 1 aliphatic heterocycles. The van der Waals surface area contributed by atoms with Gasteiger partial charge in [0.25, 0.3) is 0 Å². The van der Waals surface area contributed by atoms with E-state index in [0.717, 1.165) is 30.4 Å². The predicted octanol–water partition coefficient (Wildman–Crippen LogP) is 2.48. The molecule has 0 atom stereocenters. The number of hydrogen-bond donors (Lipinski definition) is 1. The maximum Gasteiger partial charge on any atom is 0.511 e. The first kappa shape index (κ1) is 16.2. The van der Waals surface area contributed by atoms with Crippen molar-refractivity contribution in [1.29, 1.82) is 0 Å². The third-order valence-corrected chi connectivity index (χ3v) is 5.30. The van der Waals surface area contributed by atoms with Crippen LogP contribution in [0.1, 0.15) is 18.9 Å². The quantitative estimate of drug-likeness (QED) is 0.837. The number of ether oxygens (including phenoxy) is 1. The number of carboxylic acid groups (broad SMARTS) is 1. The van der Waals surface area contributed by atoms with Gasteiger partial charge in [-0.2, -0.15) is 11.8 Å². The van der Waals surface area contributed by atoms with Gasteiger partial charge in [0.2, 0.25) is 5.43 Å². The van der Waals surface area contributed by atoms with Crippen molar-refractivity contribution in [3.8, 4) is 5.75 Å². The summed E-state index contributed by atoms with van der Waals surface area (Å²) < 4.78 is 20.9. The highest BCUT2D eigenvalue weighted by Crippen LogP contribution is 2.38. The number of anilines is 1. The molecule has 2 aromatic heterocycles. The highest BCUT2D eigenvalue weighted by molar-refractivity contribution is 7.99. The highest BCUT2D eigenvalue weighted by atomic mass is 32.2. The number of halogens is 1. The average molecular weight is 365 g/mol. The fourth-order valence-corrected chi connectivity index (χ4v) is 3.91. The zero-order valence-electron chi connectivity index (χ0n) is 13.3. The number of hydrogen-bond acceptors (Lipinski definition) is 6. The van der Waals surface area contributed by atoms with Crippen LogP contribution in [-0.2, 0) is 0 Å². The lowest BCUT2D eigenvalue weighted by molar-refractivity contribution is 0.143. The molecular formula is C16H16FN3O4S. The van der Waals surface area contributed by atoms with Crippen LogP contribution in [0.3, 0.4) is 0 Å². The Labute approximate surface area is 146 Å². The summed E-state index contributed by atoms with van der Waals surface area (Å²) in [7, 11) is 0. The number of nitrogens with zero attached hydrogens (tertiary/aromatic N) is 3. The fraction of sp³-hybridized carbons (Fsp3) is 0.438. The van der Waals surface area contributed by atoms with Crippen LogP contribution in [-0.4, -0.2) is 45.4 Å². The lowest BCUT2D eigenvalue weighted by atomic mass is 10.2. The molecule has 2 fully saturated rings. The van der Waals surface area contributed by atoms with Gasteiger partial charge in [-0.1, -0.05) is 0 Å². The third kappa shape index (κ3) is 3.04. The summed E-state index contributed by atoms with van der Waals surface area (Å²) >= 11 is 1.81. The Kier molecular flexibility index (Phi) is 4.03. The first-order valence-electron chi connectivity index (χ1n) is 8.03. The summed E-state index contributed by atoms with van der Waals surface area (Å²) in [5.41, 5.74) is -0.290. The molecule has 4 rings (SSSR count). The van der Waals surface area contributed by atoms with Crippen LogP contribution in [0.5, 0.6) is 5.75 Å². The molecule has 1 saturated carbocycles. The van der Waals surface area contributed by atoms with Crippen molar-refractivity contribution in [3.63, 3.8) is 0 Å². The zero-order chi connectivity index (χ0) is 17.6. The first-order chi connectivity index (χ1) is 12.0. The normalized spacial score (nSPS) is 17.7. The minimum atomic E-state index is -1.57. The van der Waals surface area contributed by atoms with Crippen LogP contribution >= 0.6 is 11.8 Å². The summed E-state index contributed by atoms with van der Waals surface area (Å²) in [6, 6.07) is 1.27. The van der Waals surface area contributed by atoms with Crippen LogP contribution in [0.25, 0.3) is 11.0 Å². The van der Waals surface area contributed by atoms with Gasteiger partial charge in [0.1, 0.15) is 5.65 Å². The Morgan fingerprint density at radius 1 is 1.36 bits per heavy atom. The molecular weight excluding hydrogens is 349 g/mol. The van der Waals surface area contributed by atoms with E-state index in [2.05, 4.69) is 9.72 Å². The lowest BCUT2D eigenvalue weighted by Gasteiger charge is -2.28. The van der Waals surface area contributed by atoms with Crippen LogP contribution < -0.4 is 15.1 Å². The Bertz CT molecular complexity index is 906. The minimum Gasteiger partial charge on any atom is -0.449 e. The van der Waals surface area contributed by atoms with Crippen molar-refractivity contribution in [3.05, 3.63) is 28.3 Å². The second kappa shape index (κ2) is 6.21. The van der Waals surface area contributed by atoms with Crippen LogP contribution in [0.15, 0.2) is 17.1 Å². The number of rotatable bonds is 3. The van der Waals surface area contributed by atoms with Crippen LogP contribution in [0.4, 0.5) is 15.0 Å². The highest BCUT2D eigenvalue weighted by Gasteiger charge is 2.28. The summed E-state index contributed by atoms with van der Waals surface area (Å²) in [6.45, 7) is 1.40. The molecule has 0 aromatic carbocycles. The third-order valence-electron chi connectivity index (χ3n) is 4.35. The molecule has 2 aliphatic rings. The molecule has 9 heteroatoms. The molecule has 1 saturated heterocycles. The van der Waals surface area contributed by atoms with E-state index < -0.39 is 17.4 Å². The molecule has 2 aromatic rings. The molecule has 1 aliphatic carbocycles. The van der Waals surface area contributed by atoms with Crippen LogP contribution in [0.2, 0.25) is 0 Å². The van der Waals surface area contributed by atoms with E-state index in [0.29, 0.717) is 18.7 Å². The van der Waals surface area contributed by atoms with Crippen molar-refractivity contribution in [2.75, 3.05) is 29.5 Å². The fourth-order valence-electron chi connectivity index (χ4n) is 3.01. The molecule has 0 radical (unpaired) electrons. The Hall–Kier alpha value is -2.29. The van der Waals surface area contributed by atoms with Gasteiger partial charge in [0, 0.05) is 30.6 Å². The van der Waals surface area contributed by atoms with Crippen molar-refractivity contribution in [1.82, 2.24) is 9.55 Å². The second-order valence-electron chi connectivity index (χ2n) is 6.09. The molecule has 1 N–H and O–H groups in total. The van der Waals surface area contributed by atoms with Crippen molar-refractivity contribution >= 4 is 34.8 Å². The van der Waals surface area contributed by atoms with Gasteiger partial charge in [-0.25, -0.2) is 14.2 Å². The monoisotopic (exact) mass is 365 g/mol. The number of pyridine rings is 2. The SMILES string of the molecule is O=C(O)Oc1cn(C2CC2)c2nc(N3CCSCC3)c(F)cc2c1=O. The Morgan fingerprint density at radius 2 is 2.08 bits per heavy atom. The van der Waals surface area contributed by atoms with E-state index in [-0.39, 0.29) is 23.0 Å². The number of thioether (sulfide) groups is 1. The van der Waals surface area contributed by atoms with E-state index in [9.17, 15) is 14.0 Å². The van der Waals surface area contributed by atoms with Gasteiger partial charge in [0.05, 0.1) is 11.6 Å². The molecule has 7 nitrogen and oxygen atoms in total. The molecule has 0 bridgehead atoms. The average Bonchev–Trinajstić information content (AvgIpc) is 3.42. The van der Waals surface area contributed by atoms with Gasteiger partial charge < -0.3 is 19.3 Å². The van der Waals surface area contributed by atoms with E-state index in [4.69, 9.17) is 5.11 Å². The van der Waals surface area contributed by atoms with Gasteiger partial charge in [-0.3, -0.25) is 4.79 Å². The van der Waals surface area contributed by atoms with Crippen molar-refractivity contribution < 1.29 is 19.0 Å². The van der Waals surface area contributed by atoms with Crippen molar-refractivity contribution in [2.24, 2.45) is 0 Å². The maximum absolute atomic E-state index is 14.6. The molecule has 3 heterocycles. The molecule has 0 unspecified atom stereocenters. The smallest absolute Gasteiger partial charge is 0.449 e. The largest absolute Gasteiger partial charge is 0.511 e. The van der Waals surface area contributed by atoms with E-state index in [1.54, 1.807) is 4.57 Å². The molecule has 0 amide bonds. The topological polar surface area (TPSA) is 84.7 Å². The number of aromatic nitrogens is 2. The van der Waals surface area contributed by atoms with E-state index in [1.807, 2.05) is 16.7 Å². The van der Waals surface area contributed by atoms with Gasteiger partial charge in [0.15, 0.2) is 17.4 Å². The lowest BCUT2D eigenvalue weighted by Crippen LogP contribution is -2.34. The minimum absolute atomic E-state index is 0.0401. The van der Waals surface area contributed by atoms with E-state index >= 15 is 0 Å². The van der Waals surface area contributed by atoms with Crippen molar-refractivity contribution in [2.45, 2.75) is 18.9 Å². The number of fused-ring (bicyclic) bond motifs is 1.